The van der Waals surface area contributed by atoms with Gasteiger partial charge in [0, 0.05) is 13.1 Å². The van der Waals surface area contributed by atoms with Crippen LogP contribution in [0.5, 0.6) is 0 Å². The van der Waals surface area contributed by atoms with Crippen LogP contribution < -0.4 is 5.32 Å². The Morgan fingerprint density at radius 1 is 1.47 bits per heavy atom. The molecule has 0 aromatic carbocycles. The predicted octanol–water partition coefficient (Wildman–Crippen LogP) is -0.286. The standard InChI is InChI=1S/C9H16N2O3S/c1-2-5-10-9(12)8-11-6-3-4-7-15(11,13)14/h2H,1,3-8H2,(H,10,12). The molecule has 0 atom stereocenters. The maximum Gasteiger partial charge on any atom is 0.235 e. The molecule has 0 unspecified atom stereocenters. The van der Waals surface area contributed by atoms with E-state index in [4.69, 9.17) is 0 Å². The summed E-state index contributed by atoms with van der Waals surface area (Å²) in [5, 5.41) is 2.55. The fourth-order valence-electron chi connectivity index (χ4n) is 1.42. The summed E-state index contributed by atoms with van der Waals surface area (Å²) in [5.74, 6) is -0.123. The first-order chi connectivity index (χ1) is 7.06. The van der Waals surface area contributed by atoms with Gasteiger partial charge in [0.05, 0.1) is 12.3 Å². The van der Waals surface area contributed by atoms with Gasteiger partial charge in [0.1, 0.15) is 0 Å². The van der Waals surface area contributed by atoms with Crippen molar-refractivity contribution in [2.45, 2.75) is 12.8 Å². The number of carbonyl (C=O) groups excluding carboxylic acids is 1. The SMILES string of the molecule is C=CCNC(=O)CN1CCCCS1(=O)=O. The van der Waals surface area contributed by atoms with E-state index >= 15 is 0 Å². The number of nitrogens with one attached hydrogen (secondary N) is 1. The summed E-state index contributed by atoms with van der Waals surface area (Å²) in [6, 6.07) is 0. The van der Waals surface area contributed by atoms with Gasteiger partial charge in [-0.3, -0.25) is 4.79 Å². The Balaban J connectivity index is 2.49. The molecule has 1 aliphatic rings. The first-order valence-corrected chi connectivity index (χ1v) is 6.52. The van der Waals surface area contributed by atoms with Crippen LogP contribution >= 0.6 is 0 Å². The van der Waals surface area contributed by atoms with Crippen LogP contribution in [0, 0.1) is 0 Å². The van der Waals surface area contributed by atoms with Crippen LogP contribution in [-0.4, -0.2) is 44.0 Å². The van der Waals surface area contributed by atoms with Gasteiger partial charge in [-0.15, -0.1) is 6.58 Å². The molecule has 0 spiro atoms. The zero-order valence-electron chi connectivity index (χ0n) is 8.61. The molecule has 0 aromatic rings. The molecular formula is C9H16N2O3S. The number of hydrogen-bond donors (Lipinski definition) is 1. The third-order valence-corrected chi connectivity index (χ3v) is 4.12. The highest BCUT2D eigenvalue weighted by atomic mass is 32.2. The van der Waals surface area contributed by atoms with Gasteiger partial charge in [0.15, 0.2) is 0 Å². The molecule has 1 fully saturated rings. The van der Waals surface area contributed by atoms with Crippen LogP contribution in [0.15, 0.2) is 12.7 Å². The summed E-state index contributed by atoms with van der Waals surface area (Å²) in [5.41, 5.74) is 0. The van der Waals surface area contributed by atoms with Crippen molar-refractivity contribution >= 4 is 15.9 Å². The minimum absolute atomic E-state index is 0.0732. The molecule has 0 radical (unpaired) electrons. The normalized spacial score (nSPS) is 20.8. The van der Waals surface area contributed by atoms with Gasteiger partial charge in [-0.1, -0.05) is 6.08 Å². The topological polar surface area (TPSA) is 66.5 Å². The van der Waals surface area contributed by atoms with Crippen LogP contribution in [0.2, 0.25) is 0 Å². The fraction of sp³-hybridized carbons (Fsp3) is 0.667. The molecule has 1 amide bonds. The Morgan fingerprint density at radius 3 is 2.80 bits per heavy atom. The highest BCUT2D eigenvalue weighted by Crippen LogP contribution is 2.12. The molecule has 0 aromatic heterocycles. The molecule has 86 valence electrons. The lowest BCUT2D eigenvalue weighted by molar-refractivity contribution is -0.121. The molecular weight excluding hydrogens is 216 g/mol. The lowest BCUT2D eigenvalue weighted by atomic mass is 10.3. The largest absolute Gasteiger partial charge is 0.351 e. The number of hydrogen-bond acceptors (Lipinski definition) is 3. The van der Waals surface area contributed by atoms with Gasteiger partial charge >= 0.3 is 0 Å². The van der Waals surface area contributed by atoms with Crippen molar-refractivity contribution in [2.24, 2.45) is 0 Å². The summed E-state index contributed by atoms with van der Waals surface area (Å²) in [4.78, 5) is 11.3. The molecule has 1 heterocycles. The summed E-state index contributed by atoms with van der Waals surface area (Å²) < 4.78 is 24.3. The summed E-state index contributed by atoms with van der Waals surface area (Å²) in [6.07, 6.45) is 3.07. The smallest absolute Gasteiger partial charge is 0.235 e. The quantitative estimate of drug-likeness (QED) is 0.678. The van der Waals surface area contributed by atoms with Crippen molar-refractivity contribution in [3.8, 4) is 0 Å². The molecule has 1 aliphatic heterocycles. The van der Waals surface area contributed by atoms with Crippen LogP contribution in [0.3, 0.4) is 0 Å². The van der Waals surface area contributed by atoms with Gasteiger partial charge in [-0.2, -0.15) is 4.31 Å². The first-order valence-electron chi connectivity index (χ1n) is 4.91. The molecule has 1 N–H and O–H groups in total. The molecule has 15 heavy (non-hydrogen) atoms. The third-order valence-electron chi connectivity index (χ3n) is 2.22. The average molecular weight is 232 g/mol. The second-order valence-electron chi connectivity index (χ2n) is 3.45. The molecule has 1 saturated heterocycles. The number of sulfonamides is 1. The highest BCUT2D eigenvalue weighted by Gasteiger charge is 2.27. The van der Waals surface area contributed by atoms with Crippen LogP contribution in [-0.2, 0) is 14.8 Å². The van der Waals surface area contributed by atoms with E-state index in [1.165, 1.54) is 4.31 Å². The van der Waals surface area contributed by atoms with Crippen molar-refractivity contribution in [1.82, 2.24) is 9.62 Å². The highest BCUT2D eigenvalue weighted by molar-refractivity contribution is 7.89. The minimum atomic E-state index is -3.20. The van der Waals surface area contributed by atoms with Gasteiger partial charge in [-0.05, 0) is 12.8 Å². The fourth-order valence-corrected chi connectivity index (χ4v) is 2.97. The lowest BCUT2D eigenvalue weighted by Crippen LogP contribution is -2.44. The zero-order chi connectivity index (χ0) is 11.3. The monoisotopic (exact) mass is 232 g/mol. The summed E-state index contributed by atoms with van der Waals surface area (Å²) in [6.45, 7) is 4.20. The van der Waals surface area contributed by atoms with Gasteiger partial charge in [0.25, 0.3) is 0 Å². The van der Waals surface area contributed by atoms with Crippen molar-refractivity contribution in [3.05, 3.63) is 12.7 Å². The first kappa shape index (κ1) is 12.2. The third kappa shape index (κ3) is 3.64. The van der Waals surface area contributed by atoms with Crippen LogP contribution in [0.1, 0.15) is 12.8 Å². The molecule has 0 saturated carbocycles. The van der Waals surface area contributed by atoms with E-state index in [2.05, 4.69) is 11.9 Å². The Kier molecular flexibility index (Phi) is 4.28. The van der Waals surface area contributed by atoms with Gasteiger partial charge in [-0.25, -0.2) is 8.42 Å². The van der Waals surface area contributed by atoms with Crippen LogP contribution in [0.25, 0.3) is 0 Å². The Bertz CT molecular complexity index is 337. The second-order valence-corrected chi connectivity index (χ2v) is 5.54. The number of amides is 1. The molecule has 6 heteroatoms. The van der Waals surface area contributed by atoms with E-state index in [1.807, 2.05) is 0 Å². The molecule has 0 bridgehead atoms. The van der Waals surface area contributed by atoms with E-state index in [-0.39, 0.29) is 18.2 Å². The minimum Gasteiger partial charge on any atom is -0.351 e. The lowest BCUT2D eigenvalue weighted by Gasteiger charge is -2.25. The molecule has 0 aliphatic carbocycles. The van der Waals surface area contributed by atoms with Crippen molar-refractivity contribution < 1.29 is 13.2 Å². The molecule has 5 nitrogen and oxygen atoms in total. The van der Waals surface area contributed by atoms with Crippen molar-refractivity contribution in [1.29, 1.82) is 0 Å². The van der Waals surface area contributed by atoms with E-state index in [1.54, 1.807) is 6.08 Å². The molecule has 1 rings (SSSR count). The number of nitrogens with zero attached hydrogens (tertiary/aromatic N) is 1. The maximum absolute atomic E-state index is 11.5. The van der Waals surface area contributed by atoms with Crippen molar-refractivity contribution in [3.63, 3.8) is 0 Å². The average Bonchev–Trinajstić information content (AvgIpc) is 2.18. The maximum atomic E-state index is 11.5. The van der Waals surface area contributed by atoms with E-state index < -0.39 is 10.0 Å². The Morgan fingerprint density at radius 2 is 2.20 bits per heavy atom. The zero-order valence-corrected chi connectivity index (χ0v) is 9.42. The van der Waals surface area contributed by atoms with Gasteiger partial charge < -0.3 is 5.32 Å². The summed E-state index contributed by atoms with van der Waals surface area (Å²) >= 11 is 0. The second kappa shape index (κ2) is 5.27. The summed E-state index contributed by atoms with van der Waals surface area (Å²) in [7, 11) is -3.20. The van der Waals surface area contributed by atoms with E-state index in [9.17, 15) is 13.2 Å². The number of rotatable bonds is 4. The van der Waals surface area contributed by atoms with E-state index in [0.29, 0.717) is 19.5 Å². The van der Waals surface area contributed by atoms with Crippen molar-refractivity contribution in [2.75, 3.05) is 25.4 Å². The Hall–Kier alpha value is -0.880. The number of carbonyl (C=O) groups is 1. The predicted molar refractivity (Wildman–Crippen MR) is 57.8 cm³/mol. The Labute approximate surface area is 90.2 Å². The van der Waals surface area contributed by atoms with Crippen LogP contribution in [0.4, 0.5) is 0 Å². The van der Waals surface area contributed by atoms with Gasteiger partial charge in [0.2, 0.25) is 15.9 Å². The van der Waals surface area contributed by atoms with E-state index in [0.717, 1.165) is 6.42 Å².